The lowest BCUT2D eigenvalue weighted by molar-refractivity contribution is 0.155. The van der Waals surface area contributed by atoms with E-state index in [4.69, 9.17) is 4.52 Å². The van der Waals surface area contributed by atoms with Crippen molar-refractivity contribution < 1.29 is 4.52 Å². The lowest BCUT2D eigenvalue weighted by Crippen LogP contribution is -2.34. The third-order valence-electron chi connectivity index (χ3n) is 3.85. The van der Waals surface area contributed by atoms with E-state index in [1.165, 1.54) is 19.3 Å². The number of nitrogens with zero attached hydrogens (tertiary/aromatic N) is 3. The van der Waals surface area contributed by atoms with Crippen LogP contribution in [-0.4, -0.2) is 41.7 Å². The molecule has 0 unspecified atom stereocenters. The van der Waals surface area contributed by atoms with E-state index in [0.717, 1.165) is 56.7 Å². The fraction of sp³-hybridized carbons (Fsp3) is 0.857. The van der Waals surface area contributed by atoms with Gasteiger partial charge in [-0.1, -0.05) is 12.1 Å². The highest BCUT2D eigenvalue weighted by molar-refractivity contribution is 5.85. The molecule has 1 fully saturated rings. The number of aromatic nitrogens is 2. The summed E-state index contributed by atoms with van der Waals surface area (Å²) in [7, 11) is 2.03. The smallest absolute Gasteiger partial charge is 0.240 e. The van der Waals surface area contributed by atoms with Crippen molar-refractivity contribution in [3.63, 3.8) is 0 Å². The highest BCUT2D eigenvalue weighted by atomic mass is 35.5. The molecule has 116 valence electrons. The Morgan fingerprint density at radius 1 is 1.35 bits per heavy atom. The van der Waals surface area contributed by atoms with E-state index in [9.17, 15) is 0 Å². The second kappa shape index (κ2) is 9.32. The molecule has 1 N–H and O–H groups in total. The molecular formula is C14H27ClN4O. The fourth-order valence-corrected chi connectivity index (χ4v) is 2.65. The Balaban J connectivity index is 0.00000200. The molecule has 2 heterocycles. The van der Waals surface area contributed by atoms with Crippen LogP contribution in [0.15, 0.2) is 4.52 Å². The van der Waals surface area contributed by atoms with Gasteiger partial charge in [-0.3, -0.25) is 4.90 Å². The molecule has 1 saturated heterocycles. The maximum absolute atomic E-state index is 5.30. The number of hydrogen-bond acceptors (Lipinski definition) is 5. The summed E-state index contributed by atoms with van der Waals surface area (Å²) in [6.45, 7) is 6.38. The van der Waals surface area contributed by atoms with Gasteiger partial charge in [-0.15, -0.1) is 12.4 Å². The van der Waals surface area contributed by atoms with Crippen molar-refractivity contribution in [1.29, 1.82) is 0 Å². The summed E-state index contributed by atoms with van der Waals surface area (Å²) in [5.41, 5.74) is 0. The lowest BCUT2D eigenvalue weighted by atomic mass is 9.93. The molecule has 0 radical (unpaired) electrons. The van der Waals surface area contributed by atoms with Crippen LogP contribution in [-0.2, 0) is 13.0 Å². The van der Waals surface area contributed by atoms with E-state index >= 15 is 0 Å². The molecule has 0 amide bonds. The standard InChI is InChI=1S/C14H26N4O.ClH/c1-3-4-13-16-14(19-17-13)11-18-9-6-12(7-10-18)5-8-15-2;/h12,15H,3-11H2,1-2H3;1H. The van der Waals surface area contributed by atoms with Crippen LogP contribution in [0, 0.1) is 5.92 Å². The van der Waals surface area contributed by atoms with Crippen LogP contribution in [0.5, 0.6) is 0 Å². The summed E-state index contributed by atoms with van der Waals surface area (Å²) in [5, 5.41) is 7.24. The zero-order chi connectivity index (χ0) is 13.5. The first kappa shape index (κ1) is 17.4. The maximum Gasteiger partial charge on any atom is 0.240 e. The van der Waals surface area contributed by atoms with Crippen LogP contribution in [0.2, 0.25) is 0 Å². The van der Waals surface area contributed by atoms with E-state index in [1.54, 1.807) is 0 Å². The molecule has 1 aromatic rings. The van der Waals surface area contributed by atoms with Crippen LogP contribution in [0.4, 0.5) is 0 Å². The van der Waals surface area contributed by atoms with E-state index < -0.39 is 0 Å². The van der Waals surface area contributed by atoms with Gasteiger partial charge in [0.25, 0.3) is 0 Å². The average Bonchev–Trinajstić information content (AvgIpc) is 2.86. The number of halogens is 1. The largest absolute Gasteiger partial charge is 0.338 e. The molecule has 1 aliphatic rings. The topological polar surface area (TPSA) is 54.2 Å². The van der Waals surface area contributed by atoms with Crippen molar-refractivity contribution in [2.75, 3.05) is 26.7 Å². The summed E-state index contributed by atoms with van der Waals surface area (Å²) >= 11 is 0. The van der Waals surface area contributed by atoms with Crippen molar-refractivity contribution >= 4 is 12.4 Å². The van der Waals surface area contributed by atoms with Crippen molar-refractivity contribution in [3.8, 4) is 0 Å². The van der Waals surface area contributed by atoms with Crippen molar-refractivity contribution in [1.82, 2.24) is 20.4 Å². The minimum atomic E-state index is 0. The number of likely N-dealkylation sites (tertiary alicyclic amines) is 1. The Morgan fingerprint density at radius 2 is 2.10 bits per heavy atom. The predicted octanol–water partition coefficient (Wildman–Crippen LogP) is 2.27. The molecule has 0 spiro atoms. The van der Waals surface area contributed by atoms with Gasteiger partial charge >= 0.3 is 0 Å². The van der Waals surface area contributed by atoms with Gasteiger partial charge in [0.2, 0.25) is 5.89 Å². The summed E-state index contributed by atoms with van der Waals surface area (Å²) in [4.78, 5) is 6.86. The zero-order valence-corrected chi connectivity index (χ0v) is 13.4. The van der Waals surface area contributed by atoms with E-state index in [-0.39, 0.29) is 12.4 Å². The third-order valence-corrected chi connectivity index (χ3v) is 3.85. The molecule has 20 heavy (non-hydrogen) atoms. The van der Waals surface area contributed by atoms with Gasteiger partial charge in [-0.05, 0) is 58.3 Å². The molecule has 0 atom stereocenters. The van der Waals surface area contributed by atoms with Crippen LogP contribution >= 0.6 is 12.4 Å². The van der Waals surface area contributed by atoms with Crippen molar-refractivity contribution in [2.45, 2.75) is 45.6 Å². The molecular weight excluding hydrogens is 276 g/mol. The number of aryl methyl sites for hydroxylation is 1. The van der Waals surface area contributed by atoms with Gasteiger partial charge in [0.1, 0.15) is 0 Å². The minimum Gasteiger partial charge on any atom is -0.338 e. The number of piperidine rings is 1. The molecule has 2 rings (SSSR count). The fourth-order valence-electron chi connectivity index (χ4n) is 2.65. The minimum absolute atomic E-state index is 0. The molecule has 6 heteroatoms. The van der Waals surface area contributed by atoms with Crippen molar-refractivity contribution in [2.24, 2.45) is 5.92 Å². The van der Waals surface area contributed by atoms with Crippen molar-refractivity contribution in [3.05, 3.63) is 11.7 Å². The van der Waals surface area contributed by atoms with Gasteiger partial charge in [0.05, 0.1) is 6.54 Å². The van der Waals surface area contributed by atoms with Crippen LogP contribution in [0.1, 0.15) is 44.3 Å². The second-order valence-electron chi connectivity index (χ2n) is 5.47. The molecule has 5 nitrogen and oxygen atoms in total. The quantitative estimate of drug-likeness (QED) is 0.837. The maximum atomic E-state index is 5.30. The number of nitrogens with one attached hydrogen (secondary N) is 1. The van der Waals surface area contributed by atoms with Crippen LogP contribution in [0.3, 0.4) is 0 Å². The Labute approximate surface area is 127 Å². The molecule has 1 aromatic heterocycles. The first-order chi connectivity index (χ1) is 9.31. The summed E-state index contributed by atoms with van der Waals surface area (Å²) in [6.07, 6.45) is 5.85. The van der Waals surface area contributed by atoms with Crippen LogP contribution < -0.4 is 5.32 Å². The molecule has 0 bridgehead atoms. The van der Waals surface area contributed by atoms with Gasteiger partial charge in [0, 0.05) is 6.42 Å². The zero-order valence-electron chi connectivity index (χ0n) is 12.6. The van der Waals surface area contributed by atoms with Gasteiger partial charge in [0.15, 0.2) is 5.82 Å². The first-order valence-electron chi connectivity index (χ1n) is 7.50. The Kier molecular flexibility index (Phi) is 8.11. The Hall–Kier alpha value is -0.650. The molecule has 0 aromatic carbocycles. The lowest BCUT2D eigenvalue weighted by Gasteiger charge is -2.30. The molecule has 0 saturated carbocycles. The first-order valence-corrected chi connectivity index (χ1v) is 7.50. The monoisotopic (exact) mass is 302 g/mol. The summed E-state index contributed by atoms with van der Waals surface area (Å²) in [6, 6.07) is 0. The highest BCUT2D eigenvalue weighted by Crippen LogP contribution is 2.21. The van der Waals surface area contributed by atoms with E-state index in [0.29, 0.717) is 0 Å². The Bertz CT molecular complexity index is 364. The SMILES string of the molecule is CCCc1noc(CN2CCC(CCNC)CC2)n1.Cl. The van der Waals surface area contributed by atoms with E-state index in [2.05, 4.69) is 27.3 Å². The molecule has 0 aliphatic carbocycles. The highest BCUT2D eigenvalue weighted by Gasteiger charge is 2.20. The Morgan fingerprint density at radius 3 is 2.75 bits per heavy atom. The van der Waals surface area contributed by atoms with Gasteiger partial charge in [-0.25, -0.2) is 0 Å². The average molecular weight is 303 g/mol. The summed E-state index contributed by atoms with van der Waals surface area (Å²) in [5.74, 6) is 2.50. The second-order valence-corrected chi connectivity index (χ2v) is 5.47. The summed E-state index contributed by atoms with van der Waals surface area (Å²) < 4.78 is 5.30. The predicted molar refractivity (Wildman–Crippen MR) is 82.1 cm³/mol. The van der Waals surface area contributed by atoms with Crippen LogP contribution in [0.25, 0.3) is 0 Å². The molecule has 1 aliphatic heterocycles. The number of rotatable bonds is 7. The van der Waals surface area contributed by atoms with Gasteiger partial charge < -0.3 is 9.84 Å². The van der Waals surface area contributed by atoms with Gasteiger partial charge in [-0.2, -0.15) is 4.98 Å². The number of hydrogen-bond donors (Lipinski definition) is 1. The normalized spacial score (nSPS) is 17.1. The van der Waals surface area contributed by atoms with E-state index in [1.807, 2.05) is 7.05 Å². The third kappa shape index (κ3) is 5.38.